The summed E-state index contributed by atoms with van der Waals surface area (Å²) in [4.78, 5) is 12.3. The number of benzene rings is 3. The molecule has 166 valence electrons. The van der Waals surface area contributed by atoms with Crippen molar-refractivity contribution in [2.45, 2.75) is 6.61 Å². The van der Waals surface area contributed by atoms with E-state index in [2.05, 4.69) is 5.32 Å². The minimum Gasteiger partial charge on any atom is -0.493 e. The van der Waals surface area contributed by atoms with Gasteiger partial charge in [0.05, 0.1) is 21.3 Å². The minimum atomic E-state index is -0.278. The molecule has 0 aliphatic rings. The second-order valence-corrected chi connectivity index (χ2v) is 7.15. The molecule has 0 aliphatic carbocycles. The third-order valence-electron chi connectivity index (χ3n) is 4.57. The summed E-state index contributed by atoms with van der Waals surface area (Å²) in [5.41, 5.74) is 2.39. The molecular weight excluding hydrogens is 430 g/mol. The molecule has 32 heavy (non-hydrogen) atoms. The highest BCUT2D eigenvalue weighted by molar-refractivity contribution is 6.30. The molecule has 0 spiro atoms. The molecule has 0 aromatic heterocycles. The van der Waals surface area contributed by atoms with E-state index in [-0.39, 0.29) is 5.91 Å². The second-order valence-electron chi connectivity index (χ2n) is 6.72. The number of hydrogen-bond donors (Lipinski definition) is 1. The maximum atomic E-state index is 12.3. The van der Waals surface area contributed by atoms with Crippen molar-refractivity contribution in [2.75, 3.05) is 26.6 Å². The van der Waals surface area contributed by atoms with Crippen LogP contribution in [-0.2, 0) is 11.4 Å². The lowest BCUT2D eigenvalue weighted by Gasteiger charge is -2.11. The van der Waals surface area contributed by atoms with Crippen LogP contribution < -0.4 is 24.3 Å². The summed E-state index contributed by atoms with van der Waals surface area (Å²) in [5, 5.41) is 3.47. The highest BCUT2D eigenvalue weighted by atomic mass is 35.5. The Morgan fingerprint density at radius 3 is 2.19 bits per heavy atom. The van der Waals surface area contributed by atoms with Crippen molar-refractivity contribution in [3.8, 4) is 23.0 Å². The lowest BCUT2D eigenvalue weighted by atomic mass is 10.2. The number of rotatable bonds is 9. The highest BCUT2D eigenvalue weighted by Crippen LogP contribution is 2.31. The third kappa shape index (κ3) is 6.18. The normalized spacial score (nSPS) is 10.6. The van der Waals surface area contributed by atoms with Crippen molar-refractivity contribution >= 4 is 29.3 Å². The van der Waals surface area contributed by atoms with E-state index in [0.717, 1.165) is 11.1 Å². The van der Waals surface area contributed by atoms with E-state index in [1.807, 2.05) is 30.3 Å². The van der Waals surface area contributed by atoms with E-state index in [0.29, 0.717) is 40.3 Å². The van der Waals surface area contributed by atoms with Crippen LogP contribution in [0.15, 0.2) is 66.7 Å². The fourth-order valence-corrected chi connectivity index (χ4v) is 3.04. The van der Waals surface area contributed by atoms with Crippen molar-refractivity contribution in [2.24, 2.45) is 0 Å². The molecule has 1 N–H and O–H groups in total. The van der Waals surface area contributed by atoms with E-state index in [9.17, 15) is 4.79 Å². The number of methoxy groups -OCH3 is 3. The molecule has 1 amide bonds. The molecule has 0 saturated carbocycles. The fourth-order valence-electron chi connectivity index (χ4n) is 2.92. The summed E-state index contributed by atoms with van der Waals surface area (Å²) < 4.78 is 21.8. The second kappa shape index (κ2) is 11.1. The Balaban J connectivity index is 1.63. The zero-order valence-electron chi connectivity index (χ0n) is 18.1. The minimum absolute atomic E-state index is 0.278. The van der Waals surface area contributed by atoms with Crippen molar-refractivity contribution < 1.29 is 23.7 Å². The number of anilines is 1. The largest absolute Gasteiger partial charge is 0.493 e. The fraction of sp³-hybridized carbons (Fsp3) is 0.160. The summed E-state index contributed by atoms with van der Waals surface area (Å²) in [5.74, 6) is 2.02. The monoisotopic (exact) mass is 453 g/mol. The first-order valence-electron chi connectivity index (χ1n) is 9.78. The maximum Gasteiger partial charge on any atom is 0.248 e. The van der Waals surface area contributed by atoms with Crippen LogP contribution >= 0.6 is 11.6 Å². The van der Waals surface area contributed by atoms with E-state index < -0.39 is 0 Å². The van der Waals surface area contributed by atoms with E-state index in [4.69, 9.17) is 30.5 Å². The van der Waals surface area contributed by atoms with Crippen LogP contribution in [0, 0.1) is 0 Å². The van der Waals surface area contributed by atoms with Crippen molar-refractivity contribution in [1.82, 2.24) is 0 Å². The Hall–Kier alpha value is -3.64. The highest BCUT2D eigenvalue weighted by Gasteiger charge is 2.08. The molecule has 0 bridgehead atoms. The molecule has 0 saturated heterocycles. The van der Waals surface area contributed by atoms with Gasteiger partial charge >= 0.3 is 0 Å². The summed E-state index contributed by atoms with van der Waals surface area (Å²) in [6.07, 6.45) is 3.14. The number of hydrogen-bond acceptors (Lipinski definition) is 5. The number of ether oxygens (including phenoxy) is 4. The lowest BCUT2D eigenvalue weighted by molar-refractivity contribution is -0.111. The molecule has 0 aliphatic heterocycles. The predicted octanol–water partition coefficient (Wildman–Crippen LogP) is 5.60. The molecule has 0 radical (unpaired) electrons. The molecule has 0 atom stereocenters. The van der Waals surface area contributed by atoms with Gasteiger partial charge in [-0.15, -0.1) is 0 Å². The number of halogens is 1. The van der Waals surface area contributed by atoms with Crippen LogP contribution in [-0.4, -0.2) is 27.2 Å². The van der Waals surface area contributed by atoms with Crippen LogP contribution in [0.5, 0.6) is 23.0 Å². The standard InChI is InChI=1S/C25H24ClNO5/c1-29-21-12-10-20(15-24(21)31-3)27-25(28)13-7-17-6-11-22(23(14-17)30-2)32-16-18-4-8-19(26)9-5-18/h4-15H,16H2,1-3H3,(H,27,28). The number of carbonyl (C=O) groups excluding carboxylic acids is 1. The number of amides is 1. The van der Waals surface area contributed by atoms with Gasteiger partial charge in [0.25, 0.3) is 0 Å². The van der Waals surface area contributed by atoms with Gasteiger partial charge in [0.2, 0.25) is 5.91 Å². The Kier molecular flexibility index (Phi) is 8.00. The Morgan fingerprint density at radius 2 is 1.50 bits per heavy atom. The molecule has 3 aromatic carbocycles. The third-order valence-corrected chi connectivity index (χ3v) is 4.83. The topological polar surface area (TPSA) is 66.0 Å². The van der Waals surface area contributed by atoms with Crippen LogP contribution in [0.2, 0.25) is 5.02 Å². The van der Waals surface area contributed by atoms with E-state index in [1.54, 1.807) is 57.7 Å². The van der Waals surface area contributed by atoms with Crippen molar-refractivity contribution in [3.05, 3.63) is 82.9 Å². The molecule has 3 rings (SSSR count). The van der Waals surface area contributed by atoms with Crippen LogP contribution in [0.4, 0.5) is 5.69 Å². The number of carbonyl (C=O) groups is 1. The van der Waals surface area contributed by atoms with Crippen LogP contribution in [0.3, 0.4) is 0 Å². The smallest absolute Gasteiger partial charge is 0.248 e. The van der Waals surface area contributed by atoms with Gasteiger partial charge in [-0.3, -0.25) is 4.79 Å². The van der Waals surface area contributed by atoms with Gasteiger partial charge in [0.1, 0.15) is 6.61 Å². The molecule has 7 heteroatoms. The quantitative estimate of drug-likeness (QED) is 0.427. The van der Waals surface area contributed by atoms with Crippen LogP contribution in [0.25, 0.3) is 6.08 Å². The zero-order chi connectivity index (χ0) is 22.9. The average molecular weight is 454 g/mol. The number of nitrogens with one attached hydrogen (secondary N) is 1. The SMILES string of the molecule is COc1ccc(NC(=O)C=Cc2ccc(OCc3ccc(Cl)cc3)c(OC)c2)cc1OC. The Morgan fingerprint density at radius 1 is 0.844 bits per heavy atom. The predicted molar refractivity (Wildman–Crippen MR) is 126 cm³/mol. The van der Waals surface area contributed by atoms with Crippen molar-refractivity contribution in [1.29, 1.82) is 0 Å². The average Bonchev–Trinajstić information content (AvgIpc) is 2.82. The van der Waals surface area contributed by atoms with Gasteiger partial charge in [0, 0.05) is 22.9 Å². The Bertz CT molecular complexity index is 1100. The Labute approximate surface area is 192 Å². The van der Waals surface area contributed by atoms with Crippen molar-refractivity contribution in [3.63, 3.8) is 0 Å². The molecule has 0 unspecified atom stereocenters. The van der Waals surface area contributed by atoms with E-state index in [1.165, 1.54) is 6.08 Å². The van der Waals surface area contributed by atoms with Gasteiger partial charge in [-0.1, -0.05) is 29.8 Å². The summed E-state index contributed by atoms with van der Waals surface area (Å²) in [6.45, 7) is 0.385. The molecule has 6 nitrogen and oxygen atoms in total. The van der Waals surface area contributed by atoms with Gasteiger partial charge in [-0.2, -0.15) is 0 Å². The van der Waals surface area contributed by atoms with Gasteiger partial charge in [0.15, 0.2) is 23.0 Å². The maximum absolute atomic E-state index is 12.3. The molecule has 0 fully saturated rings. The molecule has 0 heterocycles. The van der Waals surface area contributed by atoms with Crippen LogP contribution in [0.1, 0.15) is 11.1 Å². The first-order valence-corrected chi connectivity index (χ1v) is 10.2. The summed E-state index contributed by atoms with van der Waals surface area (Å²) >= 11 is 5.91. The first kappa shape index (κ1) is 23.0. The van der Waals surface area contributed by atoms with Gasteiger partial charge in [-0.25, -0.2) is 0 Å². The first-order chi connectivity index (χ1) is 15.5. The summed E-state index contributed by atoms with van der Waals surface area (Å²) in [6, 6.07) is 18.1. The van der Waals surface area contributed by atoms with Gasteiger partial charge < -0.3 is 24.3 Å². The molecular formula is C25H24ClNO5. The zero-order valence-corrected chi connectivity index (χ0v) is 18.8. The van der Waals surface area contributed by atoms with Gasteiger partial charge in [-0.05, 0) is 53.6 Å². The lowest BCUT2D eigenvalue weighted by Crippen LogP contribution is -2.08. The summed E-state index contributed by atoms with van der Waals surface area (Å²) in [7, 11) is 4.67. The van der Waals surface area contributed by atoms with E-state index >= 15 is 0 Å². The molecule has 3 aromatic rings.